The number of nitrogens with zero attached hydrogens (tertiary/aromatic N) is 2. The molecule has 1 amide bonds. The van der Waals surface area contributed by atoms with E-state index in [0.717, 1.165) is 17.2 Å². The molecule has 1 unspecified atom stereocenters. The highest BCUT2D eigenvalue weighted by Gasteiger charge is 2.21. The van der Waals surface area contributed by atoms with E-state index >= 15 is 0 Å². The van der Waals surface area contributed by atoms with Crippen molar-refractivity contribution in [2.45, 2.75) is 39.3 Å². The summed E-state index contributed by atoms with van der Waals surface area (Å²) in [5.41, 5.74) is 1.84. The van der Waals surface area contributed by atoms with E-state index in [-0.39, 0.29) is 11.4 Å². The summed E-state index contributed by atoms with van der Waals surface area (Å²) in [5.74, 6) is -0.0891. The Bertz CT molecular complexity index is 635. The quantitative estimate of drug-likeness (QED) is 0.914. The lowest BCUT2D eigenvalue weighted by molar-refractivity contribution is -0.122. The number of hydrogen-bond donors (Lipinski definition) is 2. The van der Waals surface area contributed by atoms with Gasteiger partial charge in [0.15, 0.2) is 0 Å². The van der Waals surface area contributed by atoms with E-state index in [1.54, 1.807) is 13.0 Å². The number of amides is 1. The van der Waals surface area contributed by atoms with Crippen LogP contribution in [0.5, 0.6) is 0 Å². The fourth-order valence-electron chi connectivity index (χ4n) is 1.72. The summed E-state index contributed by atoms with van der Waals surface area (Å²) >= 11 is 7.31. The summed E-state index contributed by atoms with van der Waals surface area (Å²) in [6, 6.07) is 3.15. The lowest BCUT2D eigenvalue weighted by atomic mass is 10.1. The molecule has 2 N–H and O–H groups in total. The molecule has 7 heteroatoms. The summed E-state index contributed by atoms with van der Waals surface area (Å²) in [7, 11) is 0. The van der Waals surface area contributed by atoms with Crippen LogP contribution in [0.15, 0.2) is 12.1 Å². The van der Waals surface area contributed by atoms with Gasteiger partial charge in [0.2, 0.25) is 5.91 Å². The standard InChI is InChI=1S/C13H17ClN4OS/c1-7(12(19)16-13(2,3)4)15-10-8(14)5-6-9-11(10)18-20-17-9/h5-7,15H,1-4H3,(H,16,19). The highest BCUT2D eigenvalue weighted by atomic mass is 35.5. The zero-order valence-corrected chi connectivity index (χ0v) is 13.4. The molecule has 0 saturated heterocycles. The van der Waals surface area contributed by atoms with E-state index < -0.39 is 6.04 Å². The third-order valence-corrected chi connectivity index (χ3v) is 3.49. The molecule has 0 bridgehead atoms. The number of rotatable bonds is 3. The molecule has 0 aliphatic heterocycles. The number of carbonyl (C=O) groups excluding carboxylic acids is 1. The zero-order chi connectivity index (χ0) is 14.9. The molecular weight excluding hydrogens is 296 g/mol. The van der Waals surface area contributed by atoms with E-state index in [9.17, 15) is 4.79 Å². The van der Waals surface area contributed by atoms with Crippen molar-refractivity contribution in [3.63, 3.8) is 0 Å². The first-order chi connectivity index (χ1) is 9.28. The second-order valence-corrected chi connectivity index (χ2v) is 6.60. The summed E-state index contributed by atoms with van der Waals surface area (Å²) in [6.07, 6.45) is 0. The van der Waals surface area contributed by atoms with Gasteiger partial charge in [0.1, 0.15) is 17.1 Å². The highest BCUT2D eigenvalue weighted by molar-refractivity contribution is 7.00. The number of aromatic nitrogens is 2. The Labute approximate surface area is 127 Å². The number of nitrogens with one attached hydrogen (secondary N) is 2. The third-order valence-electron chi connectivity index (χ3n) is 2.63. The molecule has 1 heterocycles. The average Bonchev–Trinajstić information content (AvgIpc) is 2.78. The van der Waals surface area contributed by atoms with Crippen LogP contribution in [0.2, 0.25) is 5.02 Å². The van der Waals surface area contributed by atoms with Crippen LogP contribution >= 0.6 is 23.3 Å². The molecule has 1 aromatic heterocycles. The zero-order valence-electron chi connectivity index (χ0n) is 11.8. The van der Waals surface area contributed by atoms with Gasteiger partial charge < -0.3 is 10.6 Å². The Morgan fingerprint density at radius 1 is 1.35 bits per heavy atom. The van der Waals surface area contributed by atoms with Crippen molar-refractivity contribution >= 4 is 46.0 Å². The number of halogens is 1. The topological polar surface area (TPSA) is 66.9 Å². The molecule has 0 saturated carbocycles. The molecule has 5 nitrogen and oxygen atoms in total. The predicted molar refractivity (Wildman–Crippen MR) is 83.4 cm³/mol. The summed E-state index contributed by atoms with van der Waals surface area (Å²) in [5, 5.41) is 6.57. The first kappa shape index (κ1) is 15.0. The average molecular weight is 313 g/mol. The second kappa shape index (κ2) is 5.54. The van der Waals surface area contributed by atoms with Crippen LogP contribution in [0.25, 0.3) is 11.0 Å². The summed E-state index contributed by atoms with van der Waals surface area (Å²) < 4.78 is 8.38. The molecule has 2 rings (SSSR count). The van der Waals surface area contributed by atoms with Crippen LogP contribution in [-0.4, -0.2) is 26.2 Å². The van der Waals surface area contributed by atoms with E-state index in [2.05, 4.69) is 19.4 Å². The summed E-state index contributed by atoms with van der Waals surface area (Å²) in [6.45, 7) is 7.61. The van der Waals surface area contributed by atoms with E-state index in [4.69, 9.17) is 11.6 Å². The maximum Gasteiger partial charge on any atom is 0.242 e. The molecule has 0 aliphatic carbocycles. The highest BCUT2D eigenvalue weighted by Crippen LogP contribution is 2.30. The van der Waals surface area contributed by atoms with Gasteiger partial charge in [-0.25, -0.2) is 0 Å². The van der Waals surface area contributed by atoms with Crippen molar-refractivity contribution < 1.29 is 4.79 Å². The minimum atomic E-state index is -0.418. The number of anilines is 1. The fourth-order valence-corrected chi connectivity index (χ4v) is 2.47. The van der Waals surface area contributed by atoms with Gasteiger partial charge in [0.25, 0.3) is 0 Å². The number of hydrogen-bond acceptors (Lipinski definition) is 5. The van der Waals surface area contributed by atoms with Crippen molar-refractivity contribution in [3.8, 4) is 0 Å². The molecule has 0 fully saturated rings. The van der Waals surface area contributed by atoms with Crippen molar-refractivity contribution in [1.82, 2.24) is 14.1 Å². The maximum atomic E-state index is 12.1. The second-order valence-electron chi connectivity index (χ2n) is 5.66. The first-order valence-electron chi connectivity index (χ1n) is 6.27. The Morgan fingerprint density at radius 2 is 2.05 bits per heavy atom. The van der Waals surface area contributed by atoms with E-state index in [0.29, 0.717) is 16.2 Å². The Morgan fingerprint density at radius 3 is 2.70 bits per heavy atom. The molecule has 0 aliphatic rings. The van der Waals surface area contributed by atoms with E-state index in [1.807, 2.05) is 26.8 Å². The molecule has 1 aromatic carbocycles. The molecule has 0 radical (unpaired) electrons. The smallest absolute Gasteiger partial charge is 0.242 e. The van der Waals surface area contributed by atoms with Gasteiger partial charge in [-0.05, 0) is 39.8 Å². The van der Waals surface area contributed by atoms with Crippen LogP contribution in [0, 0.1) is 0 Å². The van der Waals surface area contributed by atoms with Crippen molar-refractivity contribution in [2.24, 2.45) is 0 Å². The normalized spacial score (nSPS) is 13.2. The van der Waals surface area contributed by atoms with Crippen LogP contribution < -0.4 is 10.6 Å². The minimum Gasteiger partial charge on any atom is -0.371 e. The van der Waals surface area contributed by atoms with Gasteiger partial charge in [0.05, 0.1) is 22.4 Å². The Balaban J connectivity index is 2.21. The number of benzene rings is 1. The van der Waals surface area contributed by atoms with Gasteiger partial charge >= 0.3 is 0 Å². The lowest BCUT2D eigenvalue weighted by Crippen LogP contribution is -2.47. The monoisotopic (exact) mass is 312 g/mol. The largest absolute Gasteiger partial charge is 0.371 e. The van der Waals surface area contributed by atoms with Crippen LogP contribution in [0.3, 0.4) is 0 Å². The van der Waals surface area contributed by atoms with Crippen LogP contribution in [0.4, 0.5) is 5.69 Å². The van der Waals surface area contributed by atoms with Crippen LogP contribution in [-0.2, 0) is 4.79 Å². The van der Waals surface area contributed by atoms with Gasteiger partial charge in [-0.15, -0.1) is 0 Å². The van der Waals surface area contributed by atoms with E-state index in [1.165, 1.54) is 0 Å². The molecule has 1 atom stereocenters. The SMILES string of the molecule is CC(Nc1c(Cl)ccc2nsnc12)C(=O)NC(C)(C)C. The number of fused-ring (bicyclic) bond motifs is 1. The summed E-state index contributed by atoms with van der Waals surface area (Å²) in [4.78, 5) is 12.1. The van der Waals surface area contributed by atoms with Gasteiger partial charge in [-0.1, -0.05) is 11.6 Å². The minimum absolute atomic E-state index is 0.0891. The van der Waals surface area contributed by atoms with Crippen molar-refractivity contribution in [2.75, 3.05) is 5.32 Å². The first-order valence-corrected chi connectivity index (χ1v) is 7.38. The van der Waals surface area contributed by atoms with Crippen molar-refractivity contribution in [1.29, 1.82) is 0 Å². The maximum absolute atomic E-state index is 12.1. The third kappa shape index (κ3) is 3.37. The van der Waals surface area contributed by atoms with Gasteiger partial charge in [0, 0.05) is 5.54 Å². The molecule has 2 aromatic rings. The fraction of sp³-hybridized carbons (Fsp3) is 0.462. The predicted octanol–water partition coefficient (Wildman–Crippen LogP) is 3.06. The Kier molecular flexibility index (Phi) is 4.15. The lowest BCUT2D eigenvalue weighted by Gasteiger charge is -2.24. The van der Waals surface area contributed by atoms with Crippen molar-refractivity contribution in [3.05, 3.63) is 17.2 Å². The molecule has 0 spiro atoms. The number of carbonyl (C=O) groups is 1. The Hall–Kier alpha value is -1.40. The molecular formula is C13H17ClN4OS. The van der Waals surface area contributed by atoms with Gasteiger partial charge in [-0.2, -0.15) is 8.75 Å². The van der Waals surface area contributed by atoms with Crippen LogP contribution in [0.1, 0.15) is 27.7 Å². The van der Waals surface area contributed by atoms with Gasteiger partial charge in [-0.3, -0.25) is 4.79 Å². The molecule has 108 valence electrons. The molecule has 20 heavy (non-hydrogen) atoms.